The number of hydrogen-bond acceptors (Lipinski definition) is 5. The van der Waals surface area contributed by atoms with Crippen LogP contribution in [0.15, 0.2) is 24.3 Å². The van der Waals surface area contributed by atoms with Gasteiger partial charge in [0.2, 0.25) is 0 Å². The van der Waals surface area contributed by atoms with Crippen molar-refractivity contribution in [3.8, 4) is 5.75 Å². The Bertz CT molecular complexity index is 772. The molecular weight excluding hydrogens is 345 g/mol. The molecule has 0 saturated heterocycles. The van der Waals surface area contributed by atoms with Gasteiger partial charge in [0, 0.05) is 42.9 Å². The van der Waals surface area contributed by atoms with E-state index in [1.807, 2.05) is 0 Å². The predicted octanol–water partition coefficient (Wildman–Crippen LogP) is 1.92. The zero-order valence-corrected chi connectivity index (χ0v) is 14.8. The lowest BCUT2D eigenvalue weighted by Crippen LogP contribution is -2.20. The summed E-state index contributed by atoms with van der Waals surface area (Å²) in [5.74, 6) is -2.31. The van der Waals surface area contributed by atoms with E-state index in [9.17, 15) is 14.0 Å². The number of ether oxygens (including phenoxy) is 1. The number of aromatic amines is 1. The van der Waals surface area contributed by atoms with Crippen LogP contribution < -0.4 is 4.74 Å². The van der Waals surface area contributed by atoms with Crippen LogP contribution in [0.1, 0.15) is 12.6 Å². The Morgan fingerprint density at radius 1 is 1.31 bits per heavy atom. The van der Waals surface area contributed by atoms with Crippen LogP contribution >= 0.6 is 0 Å². The number of carboxylic acids is 2. The highest BCUT2D eigenvalue weighted by molar-refractivity contribution is 5.89. The number of aromatic nitrogens is 2. The molecule has 0 aliphatic heterocycles. The molecule has 0 atom stereocenters. The summed E-state index contributed by atoms with van der Waals surface area (Å²) in [6.45, 7) is 4.03. The van der Waals surface area contributed by atoms with Crippen LogP contribution in [0.5, 0.6) is 5.75 Å². The van der Waals surface area contributed by atoms with E-state index in [1.54, 1.807) is 7.11 Å². The number of carboxylic acid groups (broad SMARTS) is 2. The average molecular weight is 367 g/mol. The number of carbonyl (C=O) groups is 2. The molecule has 0 bridgehead atoms. The van der Waals surface area contributed by atoms with Crippen LogP contribution in [0.25, 0.3) is 10.9 Å². The lowest BCUT2D eigenvalue weighted by atomic mass is 10.1. The number of fused-ring (bicyclic) bond motifs is 1. The Hall–Kier alpha value is -2.94. The van der Waals surface area contributed by atoms with E-state index in [2.05, 4.69) is 29.1 Å². The molecular formula is C17H22FN3O5. The number of likely N-dealkylation sites (N-methyl/N-ethyl adjacent to an activating group) is 1. The number of hydrogen-bond donors (Lipinski definition) is 3. The number of nitrogens with one attached hydrogen (secondary N) is 1. The molecule has 3 N–H and O–H groups in total. The number of aliphatic carboxylic acids is 2. The summed E-state index contributed by atoms with van der Waals surface area (Å²) in [6, 6.07) is 2.81. The third kappa shape index (κ3) is 6.52. The summed E-state index contributed by atoms with van der Waals surface area (Å²) >= 11 is 0. The van der Waals surface area contributed by atoms with Gasteiger partial charge in [0.05, 0.1) is 18.0 Å². The molecule has 0 fully saturated rings. The molecule has 2 aromatic rings. The fraction of sp³-hybridized carbons (Fsp3) is 0.353. The molecule has 0 unspecified atom stereocenters. The Morgan fingerprint density at radius 2 is 1.92 bits per heavy atom. The quantitative estimate of drug-likeness (QED) is 0.640. The number of H-pyrrole nitrogens is 1. The number of halogens is 1. The van der Waals surface area contributed by atoms with Crippen molar-refractivity contribution in [1.82, 2.24) is 15.1 Å². The predicted molar refractivity (Wildman–Crippen MR) is 93.9 cm³/mol. The molecule has 0 aliphatic rings. The molecule has 1 heterocycles. The summed E-state index contributed by atoms with van der Waals surface area (Å²) in [7, 11) is 3.61. The van der Waals surface area contributed by atoms with Crippen molar-refractivity contribution in [2.45, 2.75) is 13.3 Å². The largest absolute Gasteiger partial charge is 0.496 e. The van der Waals surface area contributed by atoms with E-state index < -0.39 is 11.9 Å². The standard InChI is InChI=1S/C13H18FN3O.C4H4O4/c1-4-17(2)6-5-10-13-11(16-15-10)7-9(14)8-12(13)18-3;5-3(6)1-2-4(7)8/h7-8H,4-6H2,1-3H3,(H,15,16);1-2H,(H,5,6)(H,7,8)/b;2-1+. The molecule has 0 aliphatic carbocycles. The molecule has 142 valence electrons. The summed E-state index contributed by atoms with van der Waals surface area (Å²) in [5, 5.41) is 23.6. The van der Waals surface area contributed by atoms with Gasteiger partial charge in [-0.3, -0.25) is 5.10 Å². The number of rotatable bonds is 7. The number of benzene rings is 1. The van der Waals surface area contributed by atoms with E-state index in [0.717, 1.165) is 30.6 Å². The molecule has 0 radical (unpaired) electrons. The Kier molecular flexibility index (Phi) is 8.23. The van der Waals surface area contributed by atoms with Crippen molar-refractivity contribution >= 4 is 22.8 Å². The van der Waals surface area contributed by atoms with Gasteiger partial charge >= 0.3 is 11.9 Å². The van der Waals surface area contributed by atoms with Crippen LogP contribution in [0.2, 0.25) is 0 Å². The molecule has 8 nitrogen and oxygen atoms in total. The normalized spacial score (nSPS) is 10.8. The number of methoxy groups -OCH3 is 1. The van der Waals surface area contributed by atoms with Crippen LogP contribution in [-0.2, 0) is 16.0 Å². The zero-order chi connectivity index (χ0) is 19.7. The van der Waals surface area contributed by atoms with E-state index in [4.69, 9.17) is 14.9 Å². The Morgan fingerprint density at radius 3 is 2.42 bits per heavy atom. The fourth-order valence-electron chi connectivity index (χ4n) is 2.09. The lowest BCUT2D eigenvalue weighted by molar-refractivity contribution is -0.134. The second kappa shape index (κ2) is 10.1. The SMILES string of the molecule is CCN(C)CCc1[nH]nc2cc(F)cc(OC)c12.O=C(O)/C=C/C(=O)O. The maximum atomic E-state index is 13.3. The van der Waals surface area contributed by atoms with E-state index in [1.165, 1.54) is 12.1 Å². The first-order valence-electron chi connectivity index (χ1n) is 7.81. The van der Waals surface area contributed by atoms with Crippen LogP contribution in [0, 0.1) is 5.82 Å². The first kappa shape index (κ1) is 21.1. The monoisotopic (exact) mass is 367 g/mol. The molecule has 9 heteroatoms. The molecule has 1 aromatic carbocycles. The maximum absolute atomic E-state index is 13.3. The third-order valence-electron chi connectivity index (χ3n) is 3.53. The topological polar surface area (TPSA) is 116 Å². The molecule has 26 heavy (non-hydrogen) atoms. The summed E-state index contributed by atoms with van der Waals surface area (Å²) in [5.41, 5.74) is 1.60. The van der Waals surface area contributed by atoms with Gasteiger partial charge in [-0.15, -0.1) is 0 Å². The summed E-state index contributed by atoms with van der Waals surface area (Å²) in [6.07, 6.45) is 1.95. The second-order valence-corrected chi connectivity index (χ2v) is 5.36. The van der Waals surface area contributed by atoms with Gasteiger partial charge in [-0.1, -0.05) is 6.92 Å². The van der Waals surface area contributed by atoms with Crippen molar-refractivity contribution in [3.63, 3.8) is 0 Å². The molecule has 0 spiro atoms. The molecule has 0 amide bonds. The third-order valence-corrected chi connectivity index (χ3v) is 3.53. The highest BCUT2D eigenvalue weighted by Crippen LogP contribution is 2.28. The van der Waals surface area contributed by atoms with Crippen molar-refractivity contribution in [1.29, 1.82) is 0 Å². The zero-order valence-electron chi connectivity index (χ0n) is 14.8. The van der Waals surface area contributed by atoms with Crippen LogP contribution in [0.4, 0.5) is 4.39 Å². The Labute approximate surface area is 149 Å². The Balaban J connectivity index is 0.000000359. The van der Waals surface area contributed by atoms with Crippen molar-refractivity contribution in [3.05, 3.63) is 35.8 Å². The van der Waals surface area contributed by atoms with Crippen molar-refractivity contribution in [2.24, 2.45) is 0 Å². The van der Waals surface area contributed by atoms with Gasteiger partial charge in [-0.05, 0) is 13.6 Å². The number of nitrogens with zero attached hydrogens (tertiary/aromatic N) is 2. The maximum Gasteiger partial charge on any atom is 0.328 e. The van der Waals surface area contributed by atoms with Gasteiger partial charge < -0.3 is 19.8 Å². The average Bonchev–Trinajstić information content (AvgIpc) is 3.00. The summed E-state index contributed by atoms with van der Waals surface area (Å²) < 4.78 is 18.5. The van der Waals surface area contributed by atoms with Gasteiger partial charge in [0.1, 0.15) is 11.6 Å². The summed E-state index contributed by atoms with van der Waals surface area (Å²) in [4.78, 5) is 21.3. The highest BCUT2D eigenvalue weighted by atomic mass is 19.1. The smallest absolute Gasteiger partial charge is 0.328 e. The highest BCUT2D eigenvalue weighted by Gasteiger charge is 2.13. The van der Waals surface area contributed by atoms with E-state index >= 15 is 0 Å². The second-order valence-electron chi connectivity index (χ2n) is 5.36. The lowest BCUT2D eigenvalue weighted by Gasteiger charge is -2.13. The van der Waals surface area contributed by atoms with E-state index in [-0.39, 0.29) is 5.82 Å². The fourth-order valence-corrected chi connectivity index (χ4v) is 2.09. The first-order chi connectivity index (χ1) is 12.3. The minimum Gasteiger partial charge on any atom is -0.496 e. The van der Waals surface area contributed by atoms with Gasteiger partial charge in [-0.25, -0.2) is 14.0 Å². The minimum absolute atomic E-state index is 0.330. The van der Waals surface area contributed by atoms with E-state index in [0.29, 0.717) is 23.4 Å². The molecule has 1 aromatic heterocycles. The van der Waals surface area contributed by atoms with Gasteiger partial charge in [0.15, 0.2) is 0 Å². The van der Waals surface area contributed by atoms with Gasteiger partial charge in [-0.2, -0.15) is 5.10 Å². The minimum atomic E-state index is -1.26. The molecule has 2 rings (SSSR count). The van der Waals surface area contributed by atoms with Crippen molar-refractivity contribution < 1.29 is 28.9 Å². The first-order valence-corrected chi connectivity index (χ1v) is 7.81. The van der Waals surface area contributed by atoms with Gasteiger partial charge in [0.25, 0.3) is 0 Å². The van der Waals surface area contributed by atoms with Crippen LogP contribution in [0.3, 0.4) is 0 Å². The van der Waals surface area contributed by atoms with Crippen molar-refractivity contribution in [2.75, 3.05) is 27.2 Å². The molecule has 0 saturated carbocycles. The van der Waals surface area contributed by atoms with Crippen LogP contribution in [-0.4, -0.2) is 64.5 Å².